The highest BCUT2D eigenvalue weighted by Gasteiger charge is 2.33. The molecule has 116 valence electrons. The van der Waals surface area contributed by atoms with E-state index in [9.17, 15) is 18.0 Å². The van der Waals surface area contributed by atoms with Crippen LogP contribution >= 0.6 is 0 Å². The third-order valence-corrected chi connectivity index (χ3v) is 3.14. The summed E-state index contributed by atoms with van der Waals surface area (Å²) in [7, 11) is 1.35. The molecule has 0 unspecified atom stereocenters. The Balaban J connectivity index is 2.63. The Kier molecular flexibility index (Phi) is 4.40. The van der Waals surface area contributed by atoms with Gasteiger partial charge in [-0.25, -0.2) is 0 Å². The molecule has 0 aromatic heterocycles. The lowest BCUT2D eigenvalue weighted by molar-refractivity contribution is -0.137. The highest BCUT2D eigenvalue weighted by molar-refractivity contribution is 5.77. The first-order chi connectivity index (χ1) is 10.3. The maximum absolute atomic E-state index is 13.1. The van der Waals surface area contributed by atoms with Crippen molar-refractivity contribution in [3.63, 3.8) is 0 Å². The molecule has 22 heavy (non-hydrogen) atoms. The Hall–Kier alpha value is -2.50. The monoisotopic (exact) mass is 310 g/mol. The highest BCUT2D eigenvalue weighted by atomic mass is 19.4. The molecule has 0 amide bonds. The van der Waals surface area contributed by atoms with Gasteiger partial charge in [0, 0.05) is 5.56 Å². The number of halogens is 3. The minimum Gasteiger partial charge on any atom is -0.496 e. The summed E-state index contributed by atoms with van der Waals surface area (Å²) in [4.78, 5) is 10.8. The average Bonchev–Trinajstić information content (AvgIpc) is 2.45. The summed E-state index contributed by atoms with van der Waals surface area (Å²) in [5.41, 5.74) is -0.214. The van der Waals surface area contributed by atoms with Gasteiger partial charge in [-0.1, -0.05) is 24.3 Å². The lowest BCUT2D eigenvalue weighted by Gasteiger charge is -2.16. The number of ether oxygens (including phenoxy) is 1. The minimum absolute atomic E-state index is 0.0425. The molecule has 6 heteroatoms. The quantitative estimate of drug-likeness (QED) is 0.928. The number of rotatable bonds is 4. The number of alkyl halides is 3. The highest BCUT2D eigenvalue weighted by Crippen LogP contribution is 2.40. The smallest absolute Gasteiger partial charge is 0.417 e. The number of carbonyl (C=O) groups is 1. The molecule has 0 radical (unpaired) electrons. The van der Waals surface area contributed by atoms with E-state index in [-0.39, 0.29) is 23.3 Å². The maximum Gasteiger partial charge on any atom is 0.417 e. The predicted molar refractivity (Wildman–Crippen MR) is 74.8 cm³/mol. The Morgan fingerprint density at radius 3 is 2.41 bits per heavy atom. The van der Waals surface area contributed by atoms with E-state index < -0.39 is 17.7 Å². The Morgan fingerprint density at radius 2 is 1.82 bits per heavy atom. The summed E-state index contributed by atoms with van der Waals surface area (Å²) < 4.78 is 44.5. The van der Waals surface area contributed by atoms with Crippen LogP contribution in [0.3, 0.4) is 0 Å². The molecule has 2 aromatic rings. The predicted octanol–water partition coefficient (Wildman–Crippen LogP) is 4.01. The summed E-state index contributed by atoms with van der Waals surface area (Å²) in [6, 6.07) is 9.53. The number of aliphatic carboxylic acids is 1. The fourth-order valence-corrected chi connectivity index (χ4v) is 2.22. The number of methoxy groups -OCH3 is 1. The second kappa shape index (κ2) is 6.09. The van der Waals surface area contributed by atoms with E-state index in [1.807, 2.05) is 0 Å². The van der Waals surface area contributed by atoms with Gasteiger partial charge in [0.2, 0.25) is 0 Å². The first-order valence-corrected chi connectivity index (χ1v) is 6.38. The van der Waals surface area contributed by atoms with Crippen molar-refractivity contribution in [3.05, 3.63) is 53.6 Å². The second-order valence-electron chi connectivity index (χ2n) is 4.65. The zero-order chi connectivity index (χ0) is 16.3. The van der Waals surface area contributed by atoms with Gasteiger partial charge in [-0.3, -0.25) is 4.79 Å². The Bertz CT molecular complexity index is 693. The largest absolute Gasteiger partial charge is 0.496 e. The van der Waals surface area contributed by atoms with Crippen LogP contribution < -0.4 is 4.74 Å². The third kappa shape index (κ3) is 3.39. The molecule has 0 bridgehead atoms. The standard InChI is InChI=1S/C16H13F3O3/c1-22-14-7-6-10(9-15(20)21)8-12(14)11-4-2-3-5-13(11)16(17,18)19/h2-8H,9H2,1H3,(H,20,21). The van der Waals surface area contributed by atoms with E-state index in [0.717, 1.165) is 6.07 Å². The summed E-state index contributed by atoms with van der Waals surface area (Å²) in [5.74, 6) is -0.800. The number of hydrogen-bond donors (Lipinski definition) is 1. The summed E-state index contributed by atoms with van der Waals surface area (Å²) in [6.45, 7) is 0. The van der Waals surface area contributed by atoms with Crippen molar-refractivity contribution < 1.29 is 27.8 Å². The molecule has 0 aliphatic rings. The van der Waals surface area contributed by atoms with E-state index in [2.05, 4.69) is 0 Å². The van der Waals surface area contributed by atoms with Crippen LogP contribution in [0.15, 0.2) is 42.5 Å². The molecule has 2 rings (SSSR count). The van der Waals surface area contributed by atoms with Crippen molar-refractivity contribution in [2.45, 2.75) is 12.6 Å². The molecule has 2 aromatic carbocycles. The van der Waals surface area contributed by atoms with Crippen LogP contribution in [0.25, 0.3) is 11.1 Å². The SMILES string of the molecule is COc1ccc(CC(=O)O)cc1-c1ccccc1C(F)(F)F. The van der Waals surface area contributed by atoms with Gasteiger partial charge in [0.05, 0.1) is 19.1 Å². The zero-order valence-electron chi connectivity index (χ0n) is 11.6. The van der Waals surface area contributed by atoms with Crippen molar-refractivity contribution in [2.24, 2.45) is 0 Å². The zero-order valence-corrected chi connectivity index (χ0v) is 11.6. The third-order valence-electron chi connectivity index (χ3n) is 3.14. The van der Waals surface area contributed by atoms with E-state index in [4.69, 9.17) is 9.84 Å². The first-order valence-electron chi connectivity index (χ1n) is 6.38. The van der Waals surface area contributed by atoms with Crippen LogP contribution in [0, 0.1) is 0 Å². The van der Waals surface area contributed by atoms with Gasteiger partial charge in [0.25, 0.3) is 0 Å². The van der Waals surface area contributed by atoms with Crippen LogP contribution in [-0.2, 0) is 17.4 Å². The lowest BCUT2D eigenvalue weighted by atomic mass is 9.96. The van der Waals surface area contributed by atoms with Crippen molar-refractivity contribution in [1.29, 1.82) is 0 Å². The van der Waals surface area contributed by atoms with Crippen LogP contribution in [0.4, 0.5) is 13.2 Å². The number of hydrogen-bond acceptors (Lipinski definition) is 2. The Morgan fingerprint density at radius 1 is 1.14 bits per heavy atom. The molecule has 0 aliphatic carbocycles. The molecule has 0 spiro atoms. The fraction of sp³-hybridized carbons (Fsp3) is 0.188. The molecule has 0 saturated carbocycles. The second-order valence-corrected chi connectivity index (χ2v) is 4.65. The molecule has 0 atom stereocenters. The molecular formula is C16H13F3O3. The van der Waals surface area contributed by atoms with E-state index in [0.29, 0.717) is 5.56 Å². The van der Waals surface area contributed by atoms with Crippen LogP contribution in [0.1, 0.15) is 11.1 Å². The maximum atomic E-state index is 13.1. The van der Waals surface area contributed by atoms with Crippen molar-refractivity contribution >= 4 is 5.97 Å². The molecule has 1 N–H and O–H groups in total. The van der Waals surface area contributed by atoms with E-state index in [1.165, 1.54) is 43.5 Å². The van der Waals surface area contributed by atoms with Crippen molar-refractivity contribution in [3.8, 4) is 16.9 Å². The van der Waals surface area contributed by atoms with Gasteiger partial charge in [-0.15, -0.1) is 0 Å². The molecule has 0 saturated heterocycles. The van der Waals surface area contributed by atoms with Crippen molar-refractivity contribution in [1.82, 2.24) is 0 Å². The number of carboxylic acid groups (broad SMARTS) is 1. The molecule has 0 heterocycles. The van der Waals surface area contributed by atoms with Crippen LogP contribution in [0.5, 0.6) is 5.75 Å². The summed E-state index contributed by atoms with van der Waals surface area (Å²) in [6.07, 6.45) is -4.78. The van der Waals surface area contributed by atoms with Gasteiger partial charge >= 0.3 is 12.1 Å². The first kappa shape index (κ1) is 15.9. The normalized spacial score (nSPS) is 11.3. The summed E-state index contributed by atoms with van der Waals surface area (Å²) in [5, 5.41) is 8.83. The topological polar surface area (TPSA) is 46.5 Å². The van der Waals surface area contributed by atoms with Gasteiger partial charge in [0.1, 0.15) is 5.75 Å². The van der Waals surface area contributed by atoms with Crippen LogP contribution in [0.2, 0.25) is 0 Å². The average molecular weight is 310 g/mol. The van der Waals surface area contributed by atoms with E-state index >= 15 is 0 Å². The molecule has 0 fully saturated rings. The van der Waals surface area contributed by atoms with Gasteiger partial charge in [-0.05, 0) is 29.3 Å². The Labute approximate surface area is 125 Å². The van der Waals surface area contributed by atoms with E-state index in [1.54, 1.807) is 0 Å². The minimum atomic E-state index is -4.51. The number of benzene rings is 2. The van der Waals surface area contributed by atoms with Crippen LogP contribution in [-0.4, -0.2) is 18.2 Å². The van der Waals surface area contributed by atoms with Gasteiger partial charge in [0.15, 0.2) is 0 Å². The molecule has 0 aliphatic heterocycles. The van der Waals surface area contributed by atoms with Gasteiger partial charge in [-0.2, -0.15) is 13.2 Å². The number of carboxylic acids is 1. The molecular weight excluding hydrogens is 297 g/mol. The van der Waals surface area contributed by atoms with Gasteiger partial charge < -0.3 is 9.84 Å². The summed E-state index contributed by atoms with van der Waals surface area (Å²) >= 11 is 0. The fourth-order valence-electron chi connectivity index (χ4n) is 2.22. The molecule has 3 nitrogen and oxygen atoms in total. The lowest BCUT2D eigenvalue weighted by Crippen LogP contribution is -2.07. The van der Waals surface area contributed by atoms with Crippen molar-refractivity contribution in [2.75, 3.05) is 7.11 Å².